The van der Waals surface area contributed by atoms with Crippen LogP contribution in [0.5, 0.6) is 5.88 Å². The van der Waals surface area contributed by atoms with Crippen LogP contribution in [-0.2, 0) is 9.59 Å². The topological polar surface area (TPSA) is 82.1 Å². The highest BCUT2D eigenvalue weighted by Gasteiger charge is 2.47. The summed E-state index contributed by atoms with van der Waals surface area (Å²) in [7, 11) is 0. The molecule has 34 heavy (non-hydrogen) atoms. The Kier molecular flexibility index (Phi) is 6.51. The Morgan fingerprint density at radius 3 is 2.26 bits per heavy atom. The number of pyridine rings is 1. The number of benzene rings is 1. The third kappa shape index (κ3) is 4.10. The Morgan fingerprint density at radius 1 is 1.00 bits per heavy atom. The van der Waals surface area contributed by atoms with E-state index in [1.165, 1.54) is 9.58 Å². The summed E-state index contributed by atoms with van der Waals surface area (Å²) in [6.45, 7) is 7.86. The van der Waals surface area contributed by atoms with Gasteiger partial charge < -0.3 is 5.11 Å². The van der Waals surface area contributed by atoms with E-state index in [4.69, 9.17) is 23.2 Å². The molecule has 1 aliphatic rings. The number of amides is 2. The van der Waals surface area contributed by atoms with E-state index in [1.54, 1.807) is 47.3 Å². The van der Waals surface area contributed by atoms with E-state index in [0.717, 1.165) is 0 Å². The molecule has 0 radical (unpaired) electrons. The van der Waals surface area contributed by atoms with Gasteiger partial charge in [-0.05, 0) is 35.9 Å². The molecule has 0 atom stereocenters. The van der Waals surface area contributed by atoms with Gasteiger partial charge in [0, 0.05) is 24.2 Å². The van der Waals surface area contributed by atoms with Gasteiger partial charge in [0.2, 0.25) is 0 Å². The third-order valence-electron chi connectivity index (χ3n) is 5.48. The van der Waals surface area contributed by atoms with Crippen molar-refractivity contribution in [1.29, 1.82) is 0 Å². The zero-order valence-corrected chi connectivity index (χ0v) is 20.8. The smallest absolute Gasteiger partial charge is 0.326 e. The lowest BCUT2D eigenvalue weighted by Crippen LogP contribution is -2.40. The van der Waals surface area contributed by atoms with Gasteiger partial charge in [0.25, 0.3) is 11.6 Å². The molecule has 0 spiro atoms. The SMILES string of the molecule is CC(C)CN1C(=O)C(c2c(C(C)C)nn(-c3ccc(Cl)c(Cl)c3)c2[O-])=C([n+]2ccccc2)C1=O. The van der Waals surface area contributed by atoms with Gasteiger partial charge in [0.15, 0.2) is 12.4 Å². The molecular formula is C25H24Cl2N4O3. The number of carbonyl (C=O) groups excluding carboxylic acids is 2. The highest BCUT2D eigenvalue weighted by molar-refractivity contribution is 6.45. The maximum absolute atomic E-state index is 13.7. The summed E-state index contributed by atoms with van der Waals surface area (Å²) >= 11 is 12.2. The number of rotatable bonds is 6. The first-order chi connectivity index (χ1) is 16.1. The third-order valence-corrected chi connectivity index (χ3v) is 6.22. The van der Waals surface area contributed by atoms with Gasteiger partial charge in [-0.15, -0.1) is 0 Å². The number of imide groups is 1. The van der Waals surface area contributed by atoms with Gasteiger partial charge in [-0.1, -0.05) is 57.0 Å². The van der Waals surface area contributed by atoms with Crippen molar-refractivity contribution in [3.05, 3.63) is 70.1 Å². The Hall–Kier alpha value is -3.16. The van der Waals surface area contributed by atoms with Crippen LogP contribution in [0, 0.1) is 5.92 Å². The molecule has 7 nitrogen and oxygen atoms in total. The Morgan fingerprint density at radius 2 is 1.68 bits per heavy atom. The van der Waals surface area contributed by atoms with Crippen molar-refractivity contribution in [3.8, 4) is 11.6 Å². The zero-order valence-electron chi connectivity index (χ0n) is 19.3. The van der Waals surface area contributed by atoms with Gasteiger partial charge in [-0.3, -0.25) is 14.5 Å². The van der Waals surface area contributed by atoms with Gasteiger partial charge in [-0.2, -0.15) is 9.67 Å². The molecule has 176 valence electrons. The van der Waals surface area contributed by atoms with Crippen LogP contribution in [0.1, 0.15) is 44.9 Å². The molecule has 1 aromatic carbocycles. The number of carbonyl (C=O) groups is 2. The van der Waals surface area contributed by atoms with Crippen LogP contribution in [0.25, 0.3) is 17.0 Å². The summed E-state index contributed by atoms with van der Waals surface area (Å²) < 4.78 is 2.78. The molecule has 0 aliphatic carbocycles. The lowest BCUT2D eigenvalue weighted by molar-refractivity contribution is -0.576. The molecule has 3 aromatic rings. The number of aromatic nitrogens is 3. The summed E-state index contributed by atoms with van der Waals surface area (Å²) in [5.41, 5.74) is 1.16. The van der Waals surface area contributed by atoms with Crippen molar-refractivity contribution >= 4 is 46.3 Å². The lowest BCUT2D eigenvalue weighted by Gasteiger charge is -2.17. The average Bonchev–Trinajstić information content (AvgIpc) is 3.25. The van der Waals surface area contributed by atoms with E-state index in [9.17, 15) is 14.7 Å². The molecule has 2 amide bonds. The van der Waals surface area contributed by atoms with E-state index < -0.39 is 17.7 Å². The minimum atomic E-state index is -0.502. The first-order valence-electron chi connectivity index (χ1n) is 10.9. The van der Waals surface area contributed by atoms with Crippen LogP contribution in [0.15, 0.2) is 48.8 Å². The molecule has 3 heterocycles. The molecule has 4 rings (SSSR count). The molecule has 0 saturated heterocycles. The second kappa shape index (κ2) is 9.24. The summed E-state index contributed by atoms with van der Waals surface area (Å²) in [5, 5.41) is 18.9. The van der Waals surface area contributed by atoms with Crippen LogP contribution in [0.2, 0.25) is 10.0 Å². The molecule has 2 aromatic heterocycles. The molecule has 0 bridgehead atoms. The number of halogens is 2. The van der Waals surface area contributed by atoms with Crippen molar-refractivity contribution in [1.82, 2.24) is 14.7 Å². The minimum Gasteiger partial charge on any atom is -0.858 e. The molecule has 0 fully saturated rings. The normalized spacial score (nSPS) is 14.3. The fraction of sp³-hybridized carbons (Fsp3) is 0.280. The first kappa shape index (κ1) is 24.0. The van der Waals surface area contributed by atoms with Crippen LogP contribution in [0.3, 0.4) is 0 Å². The molecule has 0 unspecified atom stereocenters. The van der Waals surface area contributed by atoms with Crippen LogP contribution >= 0.6 is 23.2 Å². The Bertz CT molecular complexity index is 1310. The predicted octanol–water partition coefficient (Wildman–Crippen LogP) is 4.06. The molecule has 9 heteroatoms. The Balaban J connectivity index is 2.00. The van der Waals surface area contributed by atoms with E-state index >= 15 is 0 Å². The van der Waals surface area contributed by atoms with Gasteiger partial charge in [0.1, 0.15) is 5.57 Å². The number of nitrogens with zero attached hydrogens (tertiary/aromatic N) is 4. The quantitative estimate of drug-likeness (QED) is 0.379. The minimum absolute atomic E-state index is 0.0573. The van der Waals surface area contributed by atoms with Crippen LogP contribution in [0.4, 0.5) is 0 Å². The zero-order chi connectivity index (χ0) is 24.7. The number of hydrogen-bond donors (Lipinski definition) is 0. The lowest BCUT2D eigenvalue weighted by atomic mass is 9.98. The van der Waals surface area contributed by atoms with Crippen molar-refractivity contribution in [2.45, 2.75) is 33.6 Å². The first-order valence-corrected chi connectivity index (χ1v) is 11.7. The molecule has 1 aliphatic heterocycles. The van der Waals surface area contributed by atoms with Crippen LogP contribution in [-0.4, -0.2) is 33.0 Å². The number of hydrogen-bond acceptors (Lipinski definition) is 4. The monoisotopic (exact) mass is 498 g/mol. The fourth-order valence-corrected chi connectivity index (χ4v) is 4.25. The van der Waals surface area contributed by atoms with Crippen molar-refractivity contribution in [3.63, 3.8) is 0 Å². The van der Waals surface area contributed by atoms with E-state index in [-0.39, 0.29) is 40.2 Å². The summed E-state index contributed by atoms with van der Waals surface area (Å²) in [6.07, 6.45) is 3.37. The van der Waals surface area contributed by atoms with Gasteiger partial charge in [-0.25, -0.2) is 4.68 Å². The summed E-state index contributed by atoms with van der Waals surface area (Å²) in [5.74, 6) is -1.58. The van der Waals surface area contributed by atoms with Crippen molar-refractivity contribution in [2.24, 2.45) is 5.92 Å². The van der Waals surface area contributed by atoms with Crippen LogP contribution < -0.4 is 9.67 Å². The molecule has 0 N–H and O–H groups in total. The van der Waals surface area contributed by atoms with E-state index in [1.807, 2.05) is 33.8 Å². The largest absolute Gasteiger partial charge is 0.858 e. The second-order valence-electron chi connectivity index (χ2n) is 8.85. The second-order valence-corrected chi connectivity index (χ2v) is 9.67. The molecule has 0 saturated carbocycles. The summed E-state index contributed by atoms with van der Waals surface area (Å²) in [4.78, 5) is 28.3. The average molecular weight is 499 g/mol. The maximum Gasteiger partial charge on any atom is 0.326 e. The van der Waals surface area contributed by atoms with Gasteiger partial charge >= 0.3 is 5.91 Å². The molecular weight excluding hydrogens is 475 g/mol. The maximum atomic E-state index is 13.7. The highest BCUT2D eigenvalue weighted by Crippen LogP contribution is 2.39. The Labute approximate surface area is 207 Å². The van der Waals surface area contributed by atoms with Crippen molar-refractivity contribution < 1.29 is 19.3 Å². The summed E-state index contributed by atoms with van der Waals surface area (Å²) in [6, 6.07) is 10.1. The fourth-order valence-electron chi connectivity index (χ4n) is 3.96. The predicted molar refractivity (Wildman–Crippen MR) is 128 cm³/mol. The van der Waals surface area contributed by atoms with E-state index in [2.05, 4.69) is 5.10 Å². The highest BCUT2D eigenvalue weighted by atomic mass is 35.5. The standard InChI is InChI=1S/C25H24Cl2N4O3/c1-14(2)13-30-23(32)20(22(25(30)34)29-10-6-5-7-11-29)19-21(15(3)4)28-31(24(19)33)16-8-9-17(26)18(27)12-16/h5-12,14-15H,13H2,1-4H3. The van der Waals surface area contributed by atoms with Gasteiger partial charge in [0.05, 0.1) is 21.4 Å². The van der Waals surface area contributed by atoms with Crippen molar-refractivity contribution in [2.75, 3.05) is 6.54 Å². The van der Waals surface area contributed by atoms with E-state index in [0.29, 0.717) is 16.4 Å².